The number of rotatable bonds is 9. The highest BCUT2D eigenvalue weighted by molar-refractivity contribution is 7.91. The average Bonchev–Trinajstić information content (AvgIpc) is 3.23. The minimum absolute atomic E-state index is 0.0816. The third kappa shape index (κ3) is 6.10. The molecule has 1 aliphatic rings. The summed E-state index contributed by atoms with van der Waals surface area (Å²) in [4.78, 5) is 8.02. The predicted octanol–water partition coefficient (Wildman–Crippen LogP) is 4.23. The van der Waals surface area contributed by atoms with Crippen LogP contribution in [0.1, 0.15) is 40.3 Å². The Morgan fingerprint density at radius 1 is 1.22 bits per heavy atom. The van der Waals surface area contributed by atoms with E-state index in [4.69, 9.17) is 38.4 Å². The normalized spacial score (nSPS) is 14.7. The zero-order valence-corrected chi connectivity index (χ0v) is 21.6. The molecule has 1 atom stereocenters. The number of nitrogens with one attached hydrogen (secondary N) is 1. The van der Waals surface area contributed by atoms with Gasteiger partial charge in [-0.15, -0.1) is 11.6 Å². The fraction of sp³-hybridized carbons (Fsp3) is 0.292. The first kappa shape index (κ1) is 25.8. The largest absolute Gasteiger partial charge is 0.489 e. The summed E-state index contributed by atoms with van der Waals surface area (Å²) < 4.78 is 36.6. The zero-order chi connectivity index (χ0) is 25.9. The molecule has 1 heterocycles. The van der Waals surface area contributed by atoms with E-state index in [2.05, 4.69) is 20.8 Å². The molecule has 0 amide bonds. The monoisotopic (exact) mass is 547 g/mol. The number of nitrogens with two attached hydrogens (primary N) is 1. The van der Waals surface area contributed by atoms with E-state index in [1.807, 2.05) is 30.3 Å². The van der Waals surface area contributed by atoms with Crippen LogP contribution in [-0.4, -0.2) is 37.1 Å². The van der Waals surface area contributed by atoms with Crippen molar-refractivity contribution in [2.24, 2.45) is 0 Å². The lowest BCUT2D eigenvalue weighted by Crippen LogP contribution is -2.14. The molecule has 0 aliphatic heterocycles. The number of nitrogen functional groups attached to an aromatic ring is 1. The molecule has 0 saturated heterocycles. The van der Waals surface area contributed by atoms with E-state index >= 15 is 0 Å². The van der Waals surface area contributed by atoms with Gasteiger partial charge in [-0.3, -0.25) is 4.72 Å². The van der Waals surface area contributed by atoms with Crippen molar-refractivity contribution in [2.75, 3.05) is 29.2 Å². The molecular formula is C24H23Cl2N5O4S. The molecular weight excluding hydrogens is 525 g/mol. The molecule has 0 radical (unpaired) electrons. The van der Waals surface area contributed by atoms with Crippen molar-refractivity contribution in [3.05, 3.63) is 69.4 Å². The lowest BCUT2D eigenvalue weighted by atomic mass is 9.91. The highest BCUT2D eigenvalue weighted by Gasteiger charge is 2.26. The van der Waals surface area contributed by atoms with E-state index in [1.165, 1.54) is 6.07 Å². The number of anilines is 2. The van der Waals surface area contributed by atoms with Crippen LogP contribution >= 0.6 is 23.2 Å². The third-order valence-electron chi connectivity index (χ3n) is 5.57. The Morgan fingerprint density at radius 2 is 2.03 bits per heavy atom. The minimum Gasteiger partial charge on any atom is -0.489 e. The number of fused-ring (bicyclic) bond motifs is 1. The van der Waals surface area contributed by atoms with Gasteiger partial charge in [-0.2, -0.15) is 10.2 Å². The van der Waals surface area contributed by atoms with Gasteiger partial charge in [-0.1, -0.05) is 17.7 Å². The van der Waals surface area contributed by atoms with Crippen LogP contribution in [0.25, 0.3) is 0 Å². The number of alkyl halides is 1. The maximum Gasteiger partial charge on any atom is 0.238 e. The molecule has 1 unspecified atom stereocenters. The maximum atomic E-state index is 11.5. The van der Waals surface area contributed by atoms with Crippen molar-refractivity contribution in [3.8, 4) is 17.6 Å². The van der Waals surface area contributed by atoms with E-state index in [1.54, 1.807) is 0 Å². The molecule has 3 aromatic rings. The second kappa shape index (κ2) is 10.8. The highest BCUT2D eigenvalue weighted by atomic mass is 35.5. The molecule has 1 aliphatic carbocycles. The Morgan fingerprint density at radius 3 is 2.75 bits per heavy atom. The fourth-order valence-corrected chi connectivity index (χ4v) is 4.96. The number of halogens is 2. The van der Waals surface area contributed by atoms with Crippen LogP contribution in [0.2, 0.25) is 5.02 Å². The molecule has 0 spiro atoms. The summed E-state index contributed by atoms with van der Waals surface area (Å²) in [6.45, 7) is 0.347. The van der Waals surface area contributed by atoms with Gasteiger partial charge in [-0.05, 0) is 53.8 Å². The molecule has 188 valence electrons. The topological polar surface area (TPSA) is 140 Å². The average molecular weight is 548 g/mol. The molecule has 3 N–H and O–H groups in total. The Kier molecular flexibility index (Phi) is 7.73. The molecule has 1 aromatic heterocycles. The lowest BCUT2D eigenvalue weighted by Gasteiger charge is -2.16. The lowest BCUT2D eigenvalue weighted by molar-refractivity contribution is 0.301. The van der Waals surface area contributed by atoms with Gasteiger partial charge in [0.05, 0.1) is 28.4 Å². The summed E-state index contributed by atoms with van der Waals surface area (Å²) >= 11 is 12.1. The maximum absolute atomic E-state index is 11.5. The van der Waals surface area contributed by atoms with Gasteiger partial charge in [0, 0.05) is 12.0 Å². The fourth-order valence-electron chi connectivity index (χ4n) is 4.18. The molecule has 12 heteroatoms. The van der Waals surface area contributed by atoms with Crippen molar-refractivity contribution in [3.63, 3.8) is 0 Å². The molecule has 0 bridgehead atoms. The molecule has 2 aromatic carbocycles. The summed E-state index contributed by atoms with van der Waals surface area (Å²) in [7, 11) is -3.54. The van der Waals surface area contributed by atoms with Crippen molar-refractivity contribution >= 4 is 45.0 Å². The van der Waals surface area contributed by atoms with Gasteiger partial charge in [0.25, 0.3) is 0 Å². The van der Waals surface area contributed by atoms with Gasteiger partial charge < -0.3 is 15.2 Å². The van der Waals surface area contributed by atoms with Gasteiger partial charge in [-0.25, -0.2) is 13.4 Å². The summed E-state index contributed by atoms with van der Waals surface area (Å²) in [6.07, 6.45) is 2.71. The van der Waals surface area contributed by atoms with Crippen LogP contribution in [0.5, 0.6) is 11.5 Å². The van der Waals surface area contributed by atoms with E-state index in [0.29, 0.717) is 33.7 Å². The number of sulfonamides is 1. The summed E-state index contributed by atoms with van der Waals surface area (Å²) in [5.41, 5.74) is 9.81. The number of hydrogen-bond donors (Lipinski definition) is 2. The first-order chi connectivity index (χ1) is 17.2. The van der Waals surface area contributed by atoms with Crippen LogP contribution in [-0.2, 0) is 23.1 Å². The second-order valence-corrected chi connectivity index (χ2v) is 10.8. The molecule has 36 heavy (non-hydrogen) atoms. The molecule has 0 saturated carbocycles. The number of aromatic nitrogens is 2. The van der Waals surface area contributed by atoms with Gasteiger partial charge in [0.15, 0.2) is 5.75 Å². The van der Waals surface area contributed by atoms with Gasteiger partial charge >= 0.3 is 0 Å². The summed E-state index contributed by atoms with van der Waals surface area (Å²) in [6, 6.07) is 13.2. The number of benzene rings is 2. The quantitative estimate of drug-likeness (QED) is 0.379. The zero-order valence-electron chi connectivity index (χ0n) is 19.3. The number of aryl methyl sites for hydroxylation is 1. The first-order valence-corrected chi connectivity index (χ1v) is 13.8. The number of ether oxygens (including phenoxy) is 2. The van der Waals surface area contributed by atoms with E-state index in [0.717, 1.165) is 35.8 Å². The molecule has 4 rings (SSSR count). The predicted molar refractivity (Wildman–Crippen MR) is 138 cm³/mol. The smallest absolute Gasteiger partial charge is 0.238 e. The molecule has 9 nitrogen and oxygen atoms in total. The van der Waals surface area contributed by atoms with Crippen LogP contribution in [0, 0.1) is 11.3 Å². The van der Waals surface area contributed by atoms with Crippen molar-refractivity contribution < 1.29 is 17.9 Å². The van der Waals surface area contributed by atoms with Crippen LogP contribution < -0.4 is 19.9 Å². The van der Waals surface area contributed by atoms with E-state index < -0.39 is 10.0 Å². The number of nitrogens with zero attached hydrogens (tertiary/aromatic N) is 3. The van der Waals surface area contributed by atoms with Crippen molar-refractivity contribution in [1.29, 1.82) is 5.26 Å². The standard InChI is InChI=1S/C24H23Cl2N5O4S/c1-36(32,33)31-24-29-17(11-22(28)30-24)13-35-18-3-5-19-14(9-18)2-4-20(19)15-8-16(12-27)23(21(26)10-15)34-7-6-25/h3,5,8-11,20H,2,4,6-7,13H2,1H3,(H3,28,29,30,31). The number of hydrogen-bond acceptors (Lipinski definition) is 8. The van der Waals surface area contributed by atoms with E-state index in [9.17, 15) is 13.7 Å². The van der Waals surface area contributed by atoms with Gasteiger partial charge in [0.1, 0.15) is 30.9 Å². The van der Waals surface area contributed by atoms with Crippen molar-refractivity contribution in [2.45, 2.75) is 25.4 Å². The summed E-state index contributed by atoms with van der Waals surface area (Å²) in [5.74, 6) is 1.40. The van der Waals surface area contributed by atoms with Gasteiger partial charge in [0.2, 0.25) is 16.0 Å². The minimum atomic E-state index is -3.54. The van der Waals surface area contributed by atoms with Crippen LogP contribution in [0.3, 0.4) is 0 Å². The van der Waals surface area contributed by atoms with E-state index in [-0.39, 0.29) is 30.9 Å². The first-order valence-electron chi connectivity index (χ1n) is 11.0. The second-order valence-electron chi connectivity index (χ2n) is 8.25. The Balaban J connectivity index is 1.51. The van der Waals surface area contributed by atoms with Crippen molar-refractivity contribution in [1.82, 2.24) is 9.97 Å². The number of nitriles is 1. The molecule has 0 fully saturated rings. The Hall–Kier alpha value is -3.26. The third-order valence-corrected chi connectivity index (χ3v) is 6.56. The Labute approximate surface area is 219 Å². The Bertz CT molecular complexity index is 1440. The SMILES string of the molecule is CS(=O)(=O)Nc1nc(N)cc(COc2ccc3c(c2)CCC3c2cc(Cl)c(OCCCl)c(C#N)c2)n1. The van der Waals surface area contributed by atoms with Crippen LogP contribution in [0.4, 0.5) is 11.8 Å². The summed E-state index contributed by atoms with van der Waals surface area (Å²) in [5, 5.41) is 9.98. The van der Waals surface area contributed by atoms with Crippen LogP contribution in [0.15, 0.2) is 36.4 Å². The highest BCUT2D eigenvalue weighted by Crippen LogP contribution is 2.42.